The van der Waals surface area contributed by atoms with Crippen molar-refractivity contribution < 1.29 is 0 Å². The Balaban J connectivity index is 1.06. The van der Waals surface area contributed by atoms with E-state index in [4.69, 9.17) is 0 Å². The Labute approximate surface area is 468 Å². The second-order valence-electron chi connectivity index (χ2n) is 23.9. The van der Waals surface area contributed by atoms with E-state index in [1.54, 1.807) is 0 Å². The molecule has 0 saturated carbocycles. The molecule has 0 bridgehead atoms. The molecule has 6 heteroatoms. The van der Waals surface area contributed by atoms with Gasteiger partial charge in [0.2, 0.25) is 0 Å². The molecule has 13 aromatic rings. The van der Waals surface area contributed by atoms with Crippen molar-refractivity contribution in [2.24, 2.45) is 0 Å². The van der Waals surface area contributed by atoms with Crippen LogP contribution in [0.2, 0.25) is 0 Å². The largest absolute Gasteiger partial charge is 0.311 e. The highest BCUT2D eigenvalue weighted by Crippen LogP contribution is 2.49. The van der Waals surface area contributed by atoms with E-state index in [0.29, 0.717) is 0 Å². The topological polar surface area (TPSA) is 16.3 Å². The van der Waals surface area contributed by atoms with Crippen LogP contribution in [-0.4, -0.2) is 22.6 Å². The van der Waals surface area contributed by atoms with E-state index in [9.17, 15) is 0 Å². The standard InChI is InChI=1S/C74H56B2N4/c1-41-17-23-51(24-18-41)77-65-40-66-60(39-59(65)75-61-33-45(5)31-57-55-29-43(3)21-27-63(55)79(73(57)61)69-37-49(35-67(77)71(69)75)53-15-11-9-13-47(53)7)76-62-34-46(6)32-58-56-30-44(4)22-28-64(56)80(74(58)62)70-38-50(54-16-12-10-14-48(54)8)36-68(72(70)76)78(66)52-25-19-42(2)20-26-52/h9-40H,1-8H3. The van der Waals surface area contributed by atoms with Crippen LogP contribution in [0.3, 0.4) is 0 Å². The zero-order valence-corrected chi connectivity index (χ0v) is 46.4. The summed E-state index contributed by atoms with van der Waals surface area (Å²) < 4.78 is 5.26. The van der Waals surface area contributed by atoms with Crippen LogP contribution in [0.15, 0.2) is 194 Å². The zero-order chi connectivity index (χ0) is 53.7. The Morgan fingerprint density at radius 1 is 0.287 bits per heavy atom. The van der Waals surface area contributed by atoms with Gasteiger partial charge in [-0.25, -0.2) is 0 Å². The summed E-state index contributed by atoms with van der Waals surface area (Å²) in [7, 11) is 0. The number of aryl methyl sites for hydroxylation is 8. The molecular formula is C74H56B2N4. The van der Waals surface area contributed by atoms with E-state index in [1.807, 2.05) is 0 Å². The second kappa shape index (κ2) is 16.2. The van der Waals surface area contributed by atoms with Gasteiger partial charge in [0.15, 0.2) is 0 Å². The van der Waals surface area contributed by atoms with E-state index in [-0.39, 0.29) is 13.4 Å². The molecule has 4 aliphatic heterocycles. The first-order valence-corrected chi connectivity index (χ1v) is 28.5. The Hall–Kier alpha value is -9.25. The summed E-state index contributed by atoms with van der Waals surface area (Å²) in [6.45, 7) is 17.9. The number of aromatic nitrogens is 2. The number of hydrogen-bond acceptors (Lipinski definition) is 2. The Bertz CT molecular complexity index is 4630. The fraction of sp³-hybridized carbons (Fsp3) is 0.108. The van der Waals surface area contributed by atoms with Crippen molar-refractivity contribution in [1.82, 2.24) is 9.13 Å². The SMILES string of the molecule is Cc1ccc(N2c3cc4c(cc3B3c5c2cc(-c2ccccc2C)cc5-n2c5ccc(C)cc5c5cc(C)cc3c52)B2c3c(cc(-c5ccccc5C)cc3-n3c5ccc(C)cc5c5cc(C)cc2c53)N4c2ccc(C)cc2)cc1. The Morgan fingerprint density at radius 3 is 1.10 bits per heavy atom. The highest BCUT2D eigenvalue weighted by molar-refractivity contribution is 7.03. The number of rotatable bonds is 4. The normalized spacial score (nSPS) is 13.4. The van der Waals surface area contributed by atoms with Gasteiger partial charge in [0, 0.05) is 78.1 Å². The monoisotopic (exact) mass is 1020 g/mol. The van der Waals surface area contributed by atoms with Crippen LogP contribution in [0.1, 0.15) is 44.5 Å². The van der Waals surface area contributed by atoms with Crippen LogP contribution in [0.4, 0.5) is 34.1 Å². The molecular weight excluding hydrogens is 966 g/mol. The van der Waals surface area contributed by atoms with Gasteiger partial charge in [-0.2, -0.15) is 0 Å². The van der Waals surface area contributed by atoms with Gasteiger partial charge in [-0.1, -0.05) is 137 Å². The fourth-order valence-corrected chi connectivity index (χ4v) is 15.1. The third-order valence-corrected chi connectivity index (χ3v) is 18.6. The molecule has 0 saturated heterocycles. The summed E-state index contributed by atoms with van der Waals surface area (Å²) in [6.07, 6.45) is 0. The number of benzene rings is 11. The van der Waals surface area contributed by atoms with Gasteiger partial charge in [-0.3, -0.25) is 0 Å². The van der Waals surface area contributed by atoms with Gasteiger partial charge in [-0.15, -0.1) is 0 Å². The quantitative estimate of drug-likeness (QED) is 0.163. The predicted octanol–water partition coefficient (Wildman–Crippen LogP) is 14.9. The molecule has 6 heterocycles. The fourth-order valence-electron chi connectivity index (χ4n) is 15.1. The van der Waals surface area contributed by atoms with Crippen LogP contribution < -0.4 is 42.6 Å². The highest BCUT2D eigenvalue weighted by Gasteiger charge is 2.48. The van der Waals surface area contributed by atoms with Gasteiger partial charge in [0.1, 0.15) is 0 Å². The lowest BCUT2D eigenvalue weighted by Crippen LogP contribution is -2.64. The van der Waals surface area contributed by atoms with Crippen molar-refractivity contribution >= 4 is 124 Å². The minimum atomic E-state index is -0.0686. The molecule has 2 aromatic heterocycles. The van der Waals surface area contributed by atoms with E-state index in [2.05, 4.69) is 268 Å². The first kappa shape index (κ1) is 45.7. The predicted molar refractivity (Wildman–Crippen MR) is 343 cm³/mol. The maximum Gasteiger partial charge on any atom is 0.252 e. The van der Waals surface area contributed by atoms with Crippen LogP contribution >= 0.6 is 0 Å². The summed E-state index contributed by atoms with van der Waals surface area (Å²) in [4.78, 5) is 5.26. The molecule has 80 heavy (non-hydrogen) atoms. The van der Waals surface area contributed by atoms with Crippen molar-refractivity contribution in [2.75, 3.05) is 9.80 Å². The molecule has 0 spiro atoms. The molecule has 378 valence electrons. The van der Waals surface area contributed by atoms with E-state index in [1.165, 1.54) is 177 Å². The van der Waals surface area contributed by atoms with Gasteiger partial charge in [0.05, 0.1) is 11.0 Å². The van der Waals surface area contributed by atoms with Crippen molar-refractivity contribution in [3.8, 4) is 33.6 Å². The summed E-state index contributed by atoms with van der Waals surface area (Å²) in [5.74, 6) is 0. The van der Waals surface area contributed by atoms with Crippen molar-refractivity contribution in [2.45, 2.75) is 55.4 Å². The third-order valence-electron chi connectivity index (χ3n) is 18.6. The van der Waals surface area contributed by atoms with Crippen molar-refractivity contribution in [3.05, 3.63) is 239 Å². The van der Waals surface area contributed by atoms with E-state index < -0.39 is 0 Å². The molecule has 0 atom stereocenters. The Kier molecular flexibility index (Phi) is 9.25. The van der Waals surface area contributed by atoms with Gasteiger partial charge < -0.3 is 18.9 Å². The Morgan fingerprint density at radius 2 is 0.675 bits per heavy atom. The van der Waals surface area contributed by atoms with Crippen LogP contribution in [0.5, 0.6) is 0 Å². The lowest BCUT2D eigenvalue weighted by Gasteiger charge is -2.45. The van der Waals surface area contributed by atoms with Crippen LogP contribution in [-0.2, 0) is 0 Å². The third kappa shape index (κ3) is 6.14. The lowest BCUT2D eigenvalue weighted by atomic mass is 9.30. The molecule has 0 unspecified atom stereocenters. The minimum Gasteiger partial charge on any atom is -0.311 e. The number of fused-ring (bicyclic) bond motifs is 14. The molecule has 0 radical (unpaired) electrons. The average Bonchev–Trinajstić information content (AvgIpc) is 2.68. The maximum absolute atomic E-state index is 2.69. The number of nitrogens with zero attached hydrogens (tertiary/aromatic N) is 4. The van der Waals surface area contributed by atoms with Gasteiger partial charge in [0.25, 0.3) is 13.4 Å². The molecule has 0 fully saturated rings. The van der Waals surface area contributed by atoms with Gasteiger partial charge >= 0.3 is 0 Å². The van der Waals surface area contributed by atoms with Crippen molar-refractivity contribution in [3.63, 3.8) is 0 Å². The number of hydrogen-bond donors (Lipinski definition) is 0. The van der Waals surface area contributed by atoms with E-state index in [0.717, 1.165) is 11.4 Å². The molecule has 0 aliphatic carbocycles. The second-order valence-corrected chi connectivity index (χ2v) is 23.9. The molecule has 4 nitrogen and oxygen atoms in total. The first-order chi connectivity index (χ1) is 38.9. The molecule has 0 N–H and O–H groups in total. The summed E-state index contributed by atoms with van der Waals surface area (Å²) in [5.41, 5.74) is 37.9. The smallest absolute Gasteiger partial charge is 0.252 e. The average molecular weight is 1020 g/mol. The zero-order valence-electron chi connectivity index (χ0n) is 46.4. The van der Waals surface area contributed by atoms with Gasteiger partial charge in [-0.05, 0) is 213 Å². The summed E-state index contributed by atoms with van der Waals surface area (Å²) in [5, 5.41) is 5.25. The van der Waals surface area contributed by atoms with Crippen LogP contribution in [0.25, 0.3) is 77.2 Å². The first-order valence-electron chi connectivity index (χ1n) is 28.5. The molecule has 0 amide bonds. The molecule has 17 rings (SSSR count). The number of anilines is 6. The van der Waals surface area contributed by atoms with E-state index >= 15 is 0 Å². The minimum absolute atomic E-state index is 0.0686. The maximum atomic E-state index is 2.69. The molecule has 4 aliphatic rings. The highest BCUT2D eigenvalue weighted by atomic mass is 15.2. The molecule has 11 aromatic carbocycles. The lowest BCUT2D eigenvalue weighted by molar-refractivity contribution is 1.17. The van der Waals surface area contributed by atoms with Crippen LogP contribution in [0, 0.1) is 55.4 Å². The van der Waals surface area contributed by atoms with Crippen molar-refractivity contribution in [1.29, 1.82) is 0 Å². The summed E-state index contributed by atoms with van der Waals surface area (Å²) in [6, 6.07) is 75.8. The summed E-state index contributed by atoms with van der Waals surface area (Å²) >= 11 is 0.